The molecule has 0 aliphatic heterocycles. The maximum atomic E-state index is 12.8. The van der Waals surface area contributed by atoms with Crippen LogP contribution in [0.3, 0.4) is 0 Å². The Morgan fingerprint density at radius 1 is 0.792 bits per heavy atom. The number of hydrogen-bond donors (Lipinski definition) is 2. The maximum Gasteiger partial charge on any atom is 0.123 e. The van der Waals surface area contributed by atoms with E-state index < -0.39 is 0 Å². The summed E-state index contributed by atoms with van der Waals surface area (Å²) in [5, 5.41) is 18.0. The summed E-state index contributed by atoms with van der Waals surface area (Å²) >= 11 is 0. The number of aliphatic hydroxyl groups is 2. The average molecular weight is 332 g/mol. The van der Waals surface area contributed by atoms with Crippen molar-refractivity contribution in [3.63, 3.8) is 0 Å². The summed E-state index contributed by atoms with van der Waals surface area (Å²) < 4.78 is 12.8. The molecular weight excluding hydrogens is 303 g/mol. The van der Waals surface area contributed by atoms with Gasteiger partial charge in [0.15, 0.2) is 0 Å². The number of halogens is 1. The van der Waals surface area contributed by atoms with E-state index in [-0.39, 0.29) is 24.9 Å². The van der Waals surface area contributed by atoms with Crippen LogP contribution in [0.4, 0.5) is 4.39 Å². The van der Waals surface area contributed by atoms with Gasteiger partial charge in [-0.05, 0) is 53.1 Å². The molecule has 0 atom stereocenters. The summed E-state index contributed by atoms with van der Waals surface area (Å²) in [5.41, 5.74) is 5.27. The van der Waals surface area contributed by atoms with Crippen LogP contribution in [0.2, 0.25) is 0 Å². The molecule has 0 amide bonds. The van der Waals surface area contributed by atoms with E-state index in [9.17, 15) is 4.39 Å². The molecule has 0 bridgehead atoms. The first-order valence-corrected chi connectivity index (χ1v) is 8.39. The summed E-state index contributed by atoms with van der Waals surface area (Å²) in [7, 11) is 0. The fourth-order valence-electron chi connectivity index (χ4n) is 2.64. The second kappa shape index (κ2) is 9.55. The highest BCUT2D eigenvalue weighted by atomic mass is 19.1. The molecule has 0 aliphatic carbocycles. The van der Waals surface area contributed by atoms with Crippen molar-refractivity contribution in [1.29, 1.82) is 0 Å². The first-order valence-electron chi connectivity index (χ1n) is 8.39. The van der Waals surface area contributed by atoms with Gasteiger partial charge in [0.05, 0.1) is 13.2 Å². The quantitative estimate of drug-likeness (QED) is 0.822. The molecule has 0 saturated carbocycles. The average Bonchev–Trinajstić information content (AvgIpc) is 2.55. The second-order valence-electron chi connectivity index (χ2n) is 6.67. The minimum Gasteiger partial charge on any atom is -0.392 e. The van der Waals surface area contributed by atoms with Crippen molar-refractivity contribution in [2.75, 3.05) is 0 Å². The van der Waals surface area contributed by atoms with Gasteiger partial charge >= 0.3 is 0 Å². The van der Waals surface area contributed by atoms with E-state index in [1.807, 2.05) is 26.0 Å². The largest absolute Gasteiger partial charge is 0.392 e. The Kier molecular flexibility index (Phi) is 8.09. The molecule has 0 fully saturated rings. The molecule has 2 rings (SSSR count). The summed E-state index contributed by atoms with van der Waals surface area (Å²) in [6, 6.07) is 10.7. The van der Waals surface area contributed by atoms with Gasteiger partial charge in [0, 0.05) is 0 Å². The second-order valence-corrected chi connectivity index (χ2v) is 6.67. The van der Waals surface area contributed by atoms with Gasteiger partial charge in [0.25, 0.3) is 0 Å². The zero-order valence-electron chi connectivity index (χ0n) is 15.3. The summed E-state index contributed by atoms with van der Waals surface area (Å²) in [6.45, 7) is 10.5. The number of hydrogen-bond acceptors (Lipinski definition) is 2. The van der Waals surface area contributed by atoms with Crippen LogP contribution in [0.1, 0.15) is 67.3 Å². The molecule has 132 valence electrons. The van der Waals surface area contributed by atoms with Gasteiger partial charge in [-0.25, -0.2) is 4.39 Å². The normalized spacial score (nSPS) is 10.8. The van der Waals surface area contributed by atoms with E-state index in [2.05, 4.69) is 26.8 Å². The maximum absolute atomic E-state index is 12.8. The minimum atomic E-state index is -0.240. The van der Waals surface area contributed by atoms with Gasteiger partial charge in [-0.3, -0.25) is 0 Å². The number of benzene rings is 2. The van der Waals surface area contributed by atoms with E-state index in [0.717, 1.165) is 16.7 Å². The number of aliphatic hydroxyl groups excluding tert-OH is 2. The van der Waals surface area contributed by atoms with Crippen molar-refractivity contribution in [2.24, 2.45) is 0 Å². The van der Waals surface area contributed by atoms with Crippen LogP contribution in [0.5, 0.6) is 0 Å². The fourth-order valence-corrected chi connectivity index (χ4v) is 2.64. The Bertz CT molecular complexity index is 591. The Labute approximate surface area is 145 Å². The van der Waals surface area contributed by atoms with Crippen molar-refractivity contribution >= 4 is 0 Å². The van der Waals surface area contributed by atoms with Crippen LogP contribution in [0.25, 0.3) is 0 Å². The third-order valence-electron chi connectivity index (χ3n) is 3.99. The SMILES string of the molecule is CC(C)c1cc(F)ccc1CO.Cc1ccc(CO)c(C(C)C)c1. The van der Waals surface area contributed by atoms with E-state index >= 15 is 0 Å². The molecule has 3 heteroatoms. The number of rotatable bonds is 4. The van der Waals surface area contributed by atoms with Crippen molar-refractivity contribution in [3.05, 3.63) is 70.0 Å². The molecule has 24 heavy (non-hydrogen) atoms. The Hall–Kier alpha value is -1.71. The molecule has 2 nitrogen and oxygen atoms in total. The van der Waals surface area contributed by atoms with Crippen LogP contribution in [0.15, 0.2) is 36.4 Å². The molecular formula is C21H29FO2. The zero-order valence-corrected chi connectivity index (χ0v) is 15.3. The number of aryl methyl sites for hydroxylation is 1. The first-order chi connectivity index (χ1) is 11.3. The molecule has 0 aromatic heterocycles. The molecule has 2 aromatic carbocycles. The third kappa shape index (κ3) is 5.73. The lowest BCUT2D eigenvalue weighted by atomic mass is 9.96. The molecule has 0 radical (unpaired) electrons. The van der Waals surface area contributed by atoms with Gasteiger partial charge in [-0.15, -0.1) is 0 Å². The van der Waals surface area contributed by atoms with Crippen LogP contribution in [-0.4, -0.2) is 10.2 Å². The molecule has 0 aliphatic rings. The van der Waals surface area contributed by atoms with Crippen LogP contribution >= 0.6 is 0 Å². The molecule has 2 aromatic rings. The molecule has 0 saturated heterocycles. The van der Waals surface area contributed by atoms with Gasteiger partial charge < -0.3 is 10.2 Å². The third-order valence-corrected chi connectivity index (χ3v) is 3.99. The fraction of sp³-hybridized carbons (Fsp3) is 0.429. The highest BCUT2D eigenvalue weighted by Crippen LogP contribution is 2.21. The lowest BCUT2D eigenvalue weighted by Crippen LogP contribution is -1.96. The molecule has 0 heterocycles. The van der Waals surface area contributed by atoms with Crippen LogP contribution in [-0.2, 0) is 13.2 Å². The highest BCUT2D eigenvalue weighted by Gasteiger charge is 2.06. The van der Waals surface area contributed by atoms with Gasteiger partial charge in [-0.2, -0.15) is 0 Å². The zero-order chi connectivity index (χ0) is 18.3. The monoisotopic (exact) mass is 332 g/mol. The van der Waals surface area contributed by atoms with Crippen molar-refractivity contribution in [2.45, 2.75) is 59.7 Å². The Morgan fingerprint density at radius 3 is 1.71 bits per heavy atom. The van der Waals surface area contributed by atoms with E-state index in [1.165, 1.54) is 23.3 Å². The highest BCUT2D eigenvalue weighted by molar-refractivity contribution is 5.33. The topological polar surface area (TPSA) is 40.5 Å². The van der Waals surface area contributed by atoms with Gasteiger partial charge in [0.2, 0.25) is 0 Å². The van der Waals surface area contributed by atoms with Crippen molar-refractivity contribution < 1.29 is 14.6 Å². The molecule has 2 N–H and O–H groups in total. The summed E-state index contributed by atoms with van der Waals surface area (Å²) in [4.78, 5) is 0. The summed E-state index contributed by atoms with van der Waals surface area (Å²) in [6.07, 6.45) is 0. The lowest BCUT2D eigenvalue weighted by molar-refractivity contribution is 0.280. The predicted molar refractivity (Wildman–Crippen MR) is 97.6 cm³/mol. The lowest BCUT2D eigenvalue weighted by Gasteiger charge is -2.11. The summed E-state index contributed by atoms with van der Waals surface area (Å²) in [5.74, 6) is 0.505. The Morgan fingerprint density at radius 2 is 1.25 bits per heavy atom. The smallest absolute Gasteiger partial charge is 0.123 e. The van der Waals surface area contributed by atoms with E-state index in [4.69, 9.17) is 10.2 Å². The van der Waals surface area contributed by atoms with Crippen LogP contribution < -0.4 is 0 Å². The van der Waals surface area contributed by atoms with E-state index in [1.54, 1.807) is 6.07 Å². The van der Waals surface area contributed by atoms with Crippen molar-refractivity contribution in [1.82, 2.24) is 0 Å². The molecule has 0 spiro atoms. The van der Waals surface area contributed by atoms with Crippen LogP contribution in [0, 0.1) is 12.7 Å². The minimum absolute atomic E-state index is 0.0200. The molecule has 0 unspecified atom stereocenters. The predicted octanol–water partition coefficient (Wildman–Crippen LogP) is 5.05. The van der Waals surface area contributed by atoms with E-state index in [0.29, 0.717) is 5.92 Å². The Balaban J connectivity index is 0.000000240. The van der Waals surface area contributed by atoms with Crippen molar-refractivity contribution in [3.8, 4) is 0 Å². The first kappa shape index (κ1) is 20.3. The van der Waals surface area contributed by atoms with Gasteiger partial charge in [0.1, 0.15) is 5.82 Å². The van der Waals surface area contributed by atoms with Gasteiger partial charge in [-0.1, -0.05) is 57.5 Å². The standard InChI is InChI=1S/C11H16O.C10H13FO/c1-8(2)11-6-9(3)4-5-10(11)7-12;1-7(2)10-5-9(11)4-3-8(10)6-12/h4-6,8,12H,7H2,1-3H3;3-5,7,12H,6H2,1-2H3.